The highest BCUT2D eigenvalue weighted by Crippen LogP contribution is 2.34. The molecule has 2 aromatic carbocycles. The van der Waals surface area contributed by atoms with Gasteiger partial charge in [-0.2, -0.15) is 0 Å². The van der Waals surface area contributed by atoms with Crippen LogP contribution in [0, 0.1) is 19.8 Å². The highest BCUT2D eigenvalue weighted by Gasteiger charge is 2.36. The van der Waals surface area contributed by atoms with E-state index in [4.69, 9.17) is 4.98 Å². The molecule has 3 aromatic rings. The minimum atomic E-state index is -0.294. The molecule has 0 bridgehead atoms. The molecule has 0 N–H and O–H groups in total. The van der Waals surface area contributed by atoms with Gasteiger partial charge in [0.25, 0.3) is 5.56 Å². The average molecular weight is 418 g/mol. The number of carbonyl (C=O) groups is 1. The number of benzene rings is 2. The van der Waals surface area contributed by atoms with E-state index in [0.717, 1.165) is 42.5 Å². The van der Waals surface area contributed by atoms with Crippen molar-refractivity contribution < 1.29 is 4.79 Å². The number of para-hydroxylation sites is 1. The number of aromatic nitrogens is 2. The Morgan fingerprint density at radius 2 is 1.94 bits per heavy atom. The van der Waals surface area contributed by atoms with Crippen molar-refractivity contribution in [2.24, 2.45) is 5.92 Å². The van der Waals surface area contributed by atoms with Gasteiger partial charge in [0.15, 0.2) is 0 Å². The first-order valence-corrected chi connectivity index (χ1v) is 11.3. The number of carbonyl (C=O) groups excluding carboxylic acids is 1. The van der Waals surface area contributed by atoms with Crippen LogP contribution in [0.3, 0.4) is 0 Å². The standard InChI is InChI=1S/C26H31N3O2/c1-5-6-15-28(25(30)20-12-13-20)19(4)24-27-22-10-8-7-9-21(22)26(31)29(24)23-14-11-17(2)16-18(23)3/h7-11,14,16,19-20H,5-6,12-13,15H2,1-4H3. The summed E-state index contributed by atoms with van der Waals surface area (Å²) in [4.78, 5) is 33.7. The fourth-order valence-corrected chi connectivity index (χ4v) is 4.25. The maximum Gasteiger partial charge on any atom is 0.266 e. The first kappa shape index (κ1) is 21.3. The zero-order chi connectivity index (χ0) is 22.1. The molecule has 0 saturated heterocycles. The second-order valence-electron chi connectivity index (χ2n) is 8.75. The Kier molecular flexibility index (Phi) is 5.94. The van der Waals surface area contributed by atoms with Crippen LogP contribution in [0.15, 0.2) is 47.3 Å². The molecule has 1 aliphatic carbocycles. The first-order valence-electron chi connectivity index (χ1n) is 11.3. The summed E-state index contributed by atoms with van der Waals surface area (Å²) < 4.78 is 1.72. The maximum absolute atomic E-state index is 13.7. The quantitative estimate of drug-likeness (QED) is 0.537. The van der Waals surface area contributed by atoms with Crippen LogP contribution in [-0.2, 0) is 4.79 Å². The van der Waals surface area contributed by atoms with Crippen molar-refractivity contribution in [2.75, 3.05) is 6.54 Å². The van der Waals surface area contributed by atoms with Gasteiger partial charge in [0.1, 0.15) is 5.82 Å². The number of hydrogen-bond acceptors (Lipinski definition) is 3. The lowest BCUT2D eigenvalue weighted by Crippen LogP contribution is -2.39. The number of unbranched alkanes of at least 4 members (excludes halogenated alkanes) is 1. The Bertz CT molecular complexity index is 1180. The largest absolute Gasteiger partial charge is 0.333 e. The second-order valence-corrected chi connectivity index (χ2v) is 8.75. The summed E-state index contributed by atoms with van der Waals surface area (Å²) in [7, 11) is 0. The predicted octanol–water partition coefficient (Wildman–Crippen LogP) is 5.10. The van der Waals surface area contributed by atoms with Crippen LogP contribution >= 0.6 is 0 Å². The molecule has 162 valence electrons. The van der Waals surface area contributed by atoms with Crippen molar-refractivity contribution in [3.8, 4) is 5.69 Å². The number of amides is 1. The van der Waals surface area contributed by atoms with Crippen LogP contribution in [0.2, 0.25) is 0 Å². The number of aryl methyl sites for hydroxylation is 2. The van der Waals surface area contributed by atoms with Gasteiger partial charge in [0.2, 0.25) is 5.91 Å². The number of nitrogens with zero attached hydrogens (tertiary/aromatic N) is 3. The monoisotopic (exact) mass is 417 g/mol. The molecule has 31 heavy (non-hydrogen) atoms. The van der Waals surface area contributed by atoms with Gasteiger partial charge in [0.05, 0.1) is 22.6 Å². The van der Waals surface area contributed by atoms with Gasteiger partial charge in [-0.25, -0.2) is 4.98 Å². The highest BCUT2D eigenvalue weighted by atomic mass is 16.2. The smallest absolute Gasteiger partial charge is 0.266 e. The van der Waals surface area contributed by atoms with E-state index >= 15 is 0 Å². The molecule has 1 atom stereocenters. The van der Waals surface area contributed by atoms with Crippen LogP contribution in [0.5, 0.6) is 0 Å². The van der Waals surface area contributed by atoms with Crippen LogP contribution in [0.4, 0.5) is 0 Å². The van der Waals surface area contributed by atoms with E-state index in [9.17, 15) is 9.59 Å². The van der Waals surface area contributed by atoms with Gasteiger partial charge in [-0.1, -0.05) is 43.2 Å². The molecular formula is C26H31N3O2. The molecule has 1 fully saturated rings. The Morgan fingerprint density at radius 3 is 2.61 bits per heavy atom. The molecule has 0 aliphatic heterocycles. The molecule has 4 rings (SSSR count). The van der Waals surface area contributed by atoms with Gasteiger partial charge in [-0.3, -0.25) is 14.2 Å². The molecular weight excluding hydrogens is 386 g/mol. The molecule has 5 heteroatoms. The van der Waals surface area contributed by atoms with Crippen molar-refractivity contribution >= 4 is 16.8 Å². The van der Waals surface area contributed by atoms with Gasteiger partial charge in [0, 0.05) is 12.5 Å². The summed E-state index contributed by atoms with van der Waals surface area (Å²) >= 11 is 0. The van der Waals surface area contributed by atoms with Crippen LogP contribution in [0.1, 0.15) is 62.5 Å². The summed E-state index contributed by atoms with van der Waals surface area (Å²) in [5.41, 5.74) is 3.57. The second kappa shape index (κ2) is 8.66. The van der Waals surface area contributed by atoms with E-state index in [1.165, 1.54) is 0 Å². The van der Waals surface area contributed by atoms with Crippen LogP contribution in [-0.4, -0.2) is 26.9 Å². The predicted molar refractivity (Wildman–Crippen MR) is 125 cm³/mol. The minimum absolute atomic E-state index is 0.0892. The molecule has 0 radical (unpaired) electrons. The summed E-state index contributed by atoms with van der Waals surface area (Å²) in [5, 5.41) is 0.590. The Morgan fingerprint density at radius 1 is 1.19 bits per heavy atom. The van der Waals surface area contributed by atoms with Crippen molar-refractivity contribution in [1.82, 2.24) is 14.5 Å². The SMILES string of the molecule is CCCCN(C(=O)C1CC1)C(C)c1nc2ccccc2c(=O)n1-c1ccc(C)cc1C. The lowest BCUT2D eigenvalue weighted by molar-refractivity contribution is -0.135. The normalized spacial score (nSPS) is 14.6. The first-order chi connectivity index (χ1) is 14.9. The topological polar surface area (TPSA) is 55.2 Å². The van der Waals surface area contributed by atoms with E-state index in [2.05, 4.69) is 13.0 Å². The number of hydrogen-bond donors (Lipinski definition) is 0. The van der Waals surface area contributed by atoms with E-state index in [1.54, 1.807) is 4.57 Å². The van der Waals surface area contributed by atoms with Gasteiger partial charge >= 0.3 is 0 Å². The zero-order valence-corrected chi connectivity index (χ0v) is 18.9. The maximum atomic E-state index is 13.7. The van der Waals surface area contributed by atoms with Crippen molar-refractivity contribution in [3.05, 3.63) is 69.8 Å². The Labute approximate surface area is 183 Å². The minimum Gasteiger partial charge on any atom is -0.333 e. The van der Waals surface area contributed by atoms with Gasteiger partial charge < -0.3 is 4.90 Å². The molecule has 5 nitrogen and oxygen atoms in total. The molecule has 1 amide bonds. The van der Waals surface area contributed by atoms with Crippen molar-refractivity contribution in [2.45, 2.75) is 59.4 Å². The van der Waals surface area contributed by atoms with E-state index in [0.29, 0.717) is 23.3 Å². The third kappa shape index (κ3) is 4.14. The fraction of sp³-hybridized carbons (Fsp3) is 0.423. The summed E-state index contributed by atoms with van der Waals surface area (Å²) in [6.45, 7) is 8.88. The summed E-state index contributed by atoms with van der Waals surface area (Å²) in [6, 6.07) is 13.2. The van der Waals surface area contributed by atoms with Crippen LogP contribution in [0.25, 0.3) is 16.6 Å². The molecule has 0 spiro atoms. The summed E-state index contributed by atoms with van der Waals surface area (Å²) in [5.74, 6) is 0.942. The van der Waals surface area contributed by atoms with E-state index in [-0.39, 0.29) is 23.4 Å². The van der Waals surface area contributed by atoms with Crippen LogP contribution < -0.4 is 5.56 Å². The number of rotatable bonds is 7. The highest BCUT2D eigenvalue weighted by molar-refractivity contribution is 5.82. The van der Waals surface area contributed by atoms with Gasteiger partial charge in [-0.15, -0.1) is 0 Å². The third-order valence-electron chi connectivity index (χ3n) is 6.20. The molecule has 1 unspecified atom stereocenters. The third-order valence-corrected chi connectivity index (χ3v) is 6.20. The fourth-order valence-electron chi connectivity index (χ4n) is 4.25. The Hall–Kier alpha value is -2.95. The average Bonchev–Trinajstić information content (AvgIpc) is 3.60. The van der Waals surface area contributed by atoms with Gasteiger partial charge in [-0.05, 0) is 63.8 Å². The molecule has 1 heterocycles. The summed E-state index contributed by atoms with van der Waals surface area (Å²) in [6.07, 6.45) is 3.87. The molecule has 1 saturated carbocycles. The zero-order valence-electron chi connectivity index (χ0n) is 18.9. The van der Waals surface area contributed by atoms with E-state index < -0.39 is 0 Å². The Balaban J connectivity index is 1.92. The van der Waals surface area contributed by atoms with Crippen molar-refractivity contribution in [1.29, 1.82) is 0 Å². The van der Waals surface area contributed by atoms with E-state index in [1.807, 2.05) is 62.1 Å². The lowest BCUT2D eigenvalue weighted by atomic mass is 10.1. The molecule has 1 aromatic heterocycles. The lowest BCUT2D eigenvalue weighted by Gasteiger charge is -2.31. The molecule has 1 aliphatic rings. The van der Waals surface area contributed by atoms with Crippen molar-refractivity contribution in [3.63, 3.8) is 0 Å². The number of fused-ring (bicyclic) bond motifs is 1.